The first-order chi connectivity index (χ1) is 13.0. The van der Waals surface area contributed by atoms with Crippen LogP contribution in [0.1, 0.15) is 28.4 Å². The summed E-state index contributed by atoms with van der Waals surface area (Å²) in [5.41, 5.74) is 9.97. The van der Waals surface area contributed by atoms with Crippen LogP contribution in [0.3, 0.4) is 0 Å². The minimum absolute atomic E-state index is 0.175. The molecule has 1 heterocycles. The van der Waals surface area contributed by atoms with Gasteiger partial charge in [-0.15, -0.1) is 0 Å². The number of benzene rings is 3. The summed E-state index contributed by atoms with van der Waals surface area (Å²) in [6.45, 7) is 2.66. The Morgan fingerprint density at radius 2 is 1.85 bits per heavy atom. The zero-order chi connectivity index (χ0) is 19.1. The summed E-state index contributed by atoms with van der Waals surface area (Å²) in [6.07, 6.45) is 0.808. The van der Waals surface area contributed by atoms with E-state index in [0.29, 0.717) is 22.9 Å². The molecule has 1 amide bonds. The predicted molar refractivity (Wildman–Crippen MR) is 112 cm³/mol. The van der Waals surface area contributed by atoms with Crippen LogP contribution in [0.2, 0.25) is 0 Å². The SMILES string of the molecule is CCc1cc(O)c2c3c(C(N)=O)cccc3n(Cc3ccccc3Br)c2c1. The number of phenolic OH excluding ortho intramolecular Hbond substituents is 1. The predicted octanol–water partition coefficient (Wildman–Crippen LogP) is 4.97. The molecule has 4 rings (SSSR count). The van der Waals surface area contributed by atoms with Gasteiger partial charge in [-0.3, -0.25) is 4.79 Å². The molecule has 0 radical (unpaired) electrons. The van der Waals surface area contributed by atoms with Gasteiger partial charge in [0.05, 0.1) is 16.4 Å². The molecule has 0 bridgehead atoms. The number of primary amides is 1. The topological polar surface area (TPSA) is 68.2 Å². The standard InChI is InChI=1S/C22H19BrN2O2/c1-2-13-10-18-21(19(26)11-13)20-15(22(24)27)7-5-9-17(20)25(18)12-14-6-3-4-8-16(14)23/h3-11,26H,2,12H2,1H3,(H2,24,27). The van der Waals surface area contributed by atoms with Crippen molar-refractivity contribution >= 4 is 43.6 Å². The molecule has 0 saturated carbocycles. The first-order valence-corrected chi connectivity index (χ1v) is 9.60. The van der Waals surface area contributed by atoms with Crippen molar-refractivity contribution in [1.29, 1.82) is 0 Å². The molecule has 3 aromatic carbocycles. The van der Waals surface area contributed by atoms with E-state index in [2.05, 4.69) is 39.6 Å². The third-order valence-electron chi connectivity index (χ3n) is 4.99. The van der Waals surface area contributed by atoms with Crippen LogP contribution in [-0.4, -0.2) is 15.6 Å². The second-order valence-corrected chi connectivity index (χ2v) is 7.46. The summed E-state index contributed by atoms with van der Waals surface area (Å²) in [7, 11) is 0. The number of hydrogen-bond donors (Lipinski definition) is 2. The van der Waals surface area contributed by atoms with Crippen LogP contribution in [0.5, 0.6) is 5.75 Å². The largest absolute Gasteiger partial charge is 0.507 e. The Labute approximate surface area is 165 Å². The molecule has 0 atom stereocenters. The van der Waals surface area contributed by atoms with E-state index in [-0.39, 0.29) is 5.75 Å². The van der Waals surface area contributed by atoms with Crippen LogP contribution in [0.4, 0.5) is 0 Å². The minimum atomic E-state index is -0.500. The van der Waals surface area contributed by atoms with Gasteiger partial charge in [-0.25, -0.2) is 0 Å². The van der Waals surface area contributed by atoms with E-state index in [1.54, 1.807) is 12.1 Å². The maximum absolute atomic E-state index is 12.0. The fourth-order valence-electron chi connectivity index (χ4n) is 3.67. The smallest absolute Gasteiger partial charge is 0.249 e. The van der Waals surface area contributed by atoms with Crippen molar-refractivity contribution in [3.8, 4) is 5.75 Å². The van der Waals surface area contributed by atoms with Crippen LogP contribution in [0.15, 0.2) is 59.1 Å². The number of carbonyl (C=O) groups is 1. The maximum Gasteiger partial charge on any atom is 0.249 e. The van der Waals surface area contributed by atoms with Crippen molar-refractivity contribution in [1.82, 2.24) is 4.57 Å². The molecule has 0 unspecified atom stereocenters. The van der Waals surface area contributed by atoms with Crippen LogP contribution in [-0.2, 0) is 13.0 Å². The molecule has 0 aliphatic carbocycles. The molecule has 3 N–H and O–H groups in total. The highest BCUT2D eigenvalue weighted by Crippen LogP contribution is 2.38. The van der Waals surface area contributed by atoms with Crippen LogP contribution < -0.4 is 5.73 Å². The Hall–Kier alpha value is -2.79. The number of rotatable bonds is 4. The van der Waals surface area contributed by atoms with Gasteiger partial charge in [0.15, 0.2) is 0 Å². The molecule has 0 aliphatic heterocycles. The maximum atomic E-state index is 12.0. The van der Waals surface area contributed by atoms with Gasteiger partial charge in [0, 0.05) is 22.0 Å². The summed E-state index contributed by atoms with van der Waals surface area (Å²) >= 11 is 3.61. The molecular formula is C22H19BrN2O2. The van der Waals surface area contributed by atoms with Gasteiger partial charge in [0.1, 0.15) is 5.75 Å². The molecule has 0 aliphatic rings. The highest BCUT2D eigenvalue weighted by molar-refractivity contribution is 9.10. The normalized spacial score (nSPS) is 11.3. The number of carbonyl (C=O) groups excluding carboxylic acids is 1. The van der Waals surface area contributed by atoms with Crippen molar-refractivity contribution in [3.63, 3.8) is 0 Å². The second-order valence-electron chi connectivity index (χ2n) is 6.60. The van der Waals surface area contributed by atoms with E-state index in [4.69, 9.17) is 5.73 Å². The zero-order valence-electron chi connectivity index (χ0n) is 14.9. The number of aryl methyl sites for hydroxylation is 1. The molecular weight excluding hydrogens is 404 g/mol. The number of fused-ring (bicyclic) bond motifs is 3. The first kappa shape index (κ1) is 17.6. The van der Waals surface area contributed by atoms with Gasteiger partial charge in [-0.1, -0.05) is 47.1 Å². The average molecular weight is 423 g/mol. The highest BCUT2D eigenvalue weighted by atomic mass is 79.9. The average Bonchev–Trinajstić information content (AvgIpc) is 2.97. The summed E-state index contributed by atoms with van der Waals surface area (Å²) in [5.74, 6) is -0.326. The molecule has 0 saturated heterocycles. The monoisotopic (exact) mass is 422 g/mol. The van der Waals surface area contributed by atoms with Crippen molar-refractivity contribution in [3.05, 3.63) is 75.8 Å². The van der Waals surface area contributed by atoms with E-state index in [1.165, 1.54) is 0 Å². The molecule has 27 heavy (non-hydrogen) atoms. The molecule has 4 nitrogen and oxygen atoms in total. The first-order valence-electron chi connectivity index (χ1n) is 8.81. The summed E-state index contributed by atoms with van der Waals surface area (Å²) in [5, 5.41) is 12.1. The van der Waals surface area contributed by atoms with Crippen LogP contribution >= 0.6 is 15.9 Å². The third kappa shape index (κ3) is 2.88. The summed E-state index contributed by atoms with van der Waals surface area (Å²) in [4.78, 5) is 12.0. The number of aromatic nitrogens is 1. The van der Waals surface area contributed by atoms with Gasteiger partial charge in [-0.05, 0) is 47.9 Å². The number of phenols is 1. The number of hydrogen-bond acceptors (Lipinski definition) is 2. The second kappa shape index (κ2) is 6.74. The van der Waals surface area contributed by atoms with E-state index in [1.807, 2.05) is 30.3 Å². The molecule has 0 fully saturated rings. The number of amides is 1. The van der Waals surface area contributed by atoms with Gasteiger partial charge in [0.2, 0.25) is 5.91 Å². The highest BCUT2D eigenvalue weighted by Gasteiger charge is 2.20. The fourth-order valence-corrected chi connectivity index (χ4v) is 4.08. The lowest BCUT2D eigenvalue weighted by Gasteiger charge is -2.10. The van der Waals surface area contributed by atoms with Crippen molar-refractivity contribution in [2.75, 3.05) is 0 Å². The Morgan fingerprint density at radius 1 is 1.07 bits per heavy atom. The van der Waals surface area contributed by atoms with Gasteiger partial charge in [0.25, 0.3) is 0 Å². The van der Waals surface area contributed by atoms with Gasteiger partial charge >= 0.3 is 0 Å². The lowest BCUT2D eigenvalue weighted by molar-refractivity contribution is 0.100. The van der Waals surface area contributed by atoms with Crippen LogP contribution in [0, 0.1) is 0 Å². The Bertz CT molecular complexity index is 1190. The van der Waals surface area contributed by atoms with Crippen LogP contribution in [0.25, 0.3) is 21.8 Å². The quantitative estimate of drug-likeness (QED) is 0.487. The summed E-state index contributed by atoms with van der Waals surface area (Å²) in [6, 6.07) is 17.4. The molecule has 0 spiro atoms. The number of aromatic hydroxyl groups is 1. The summed E-state index contributed by atoms with van der Waals surface area (Å²) < 4.78 is 3.15. The lowest BCUT2D eigenvalue weighted by Crippen LogP contribution is -2.11. The molecule has 1 aromatic heterocycles. The molecule has 4 aromatic rings. The molecule has 5 heteroatoms. The van der Waals surface area contributed by atoms with Crippen molar-refractivity contribution < 1.29 is 9.90 Å². The number of halogens is 1. The number of nitrogens with zero attached hydrogens (tertiary/aromatic N) is 1. The Kier molecular flexibility index (Phi) is 4.40. The van der Waals surface area contributed by atoms with Gasteiger partial charge in [-0.2, -0.15) is 0 Å². The van der Waals surface area contributed by atoms with Gasteiger partial charge < -0.3 is 15.4 Å². The lowest BCUT2D eigenvalue weighted by atomic mass is 10.0. The Balaban J connectivity index is 2.12. The Morgan fingerprint density at radius 3 is 2.56 bits per heavy atom. The molecule has 136 valence electrons. The van der Waals surface area contributed by atoms with E-state index >= 15 is 0 Å². The fraction of sp³-hybridized carbons (Fsp3) is 0.136. The minimum Gasteiger partial charge on any atom is -0.507 e. The third-order valence-corrected chi connectivity index (χ3v) is 5.76. The van der Waals surface area contributed by atoms with E-state index in [0.717, 1.165) is 33.1 Å². The van der Waals surface area contributed by atoms with E-state index in [9.17, 15) is 9.90 Å². The zero-order valence-corrected chi connectivity index (χ0v) is 16.5. The van der Waals surface area contributed by atoms with E-state index < -0.39 is 5.91 Å². The van der Waals surface area contributed by atoms with Crippen molar-refractivity contribution in [2.45, 2.75) is 19.9 Å². The van der Waals surface area contributed by atoms with Crippen molar-refractivity contribution in [2.24, 2.45) is 5.73 Å². The number of nitrogens with two attached hydrogens (primary N) is 1.